The van der Waals surface area contributed by atoms with Crippen LogP contribution in [0.1, 0.15) is 19.8 Å². The van der Waals surface area contributed by atoms with Gasteiger partial charge in [-0.05, 0) is 31.9 Å². The van der Waals surface area contributed by atoms with E-state index in [4.69, 9.17) is 4.74 Å². The van der Waals surface area contributed by atoms with E-state index in [9.17, 15) is 8.42 Å². The Bertz CT molecular complexity index is 439. The molecule has 1 heterocycles. The van der Waals surface area contributed by atoms with Crippen LogP contribution in [0.2, 0.25) is 0 Å². The van der Waals surface area contributed by atoms with Crippen molar-refractivity contribution in [1.82, 2.24) is 0 Å². The number of hydrogen-bond acceptors (Lipinski definition) is 3. The lowest BCUT2D eigenvalue weighted by Gasteiger charge is -2.11. The third-order valence-electron chi connectivity index (χ3n) is 2.83. The fourth-order valence-corrected chi connectivity index (χ4v) is 3.48. The molecular formula is C12H16O3S. The highest BCUT2D eigenvalue weighted by Crippen LogP contribution is 2.22. The van der Waals surface area contributed by atoms with E-state index in [2.05, 4.69) is 0 Å². The van der Waals surface area contributed by atoms with Crippen molar-refractivity contribution in [3.63, 3.8) is 0 Å². The highest BCUT2D eigenvalue weighted by atomic mass is 32.2. The summed E-state index contributed by atoms with van der Waals surface area (Å²) in [5.74, 6) is 0.0986. The molecule has 0 aliphatic carbocycles. The predicted octanol–water partition coefficient (Wildman–Crippen LogP) is 2.03. The second-order valence-corrected chi connectivity index (χ2v) is 6.27. The fraction of sp³-hybridized carbons (Fsp3) is 0.500. The summed E-state index contributed by atoms with van der Waals surface area (Å²) in [4.78, 5) is 0.387. The van der Waals surface area contributed by atoms with Crippen LogP contribution < -0.4 is 0 Å². The Morgan fingerprint density at radius 2 is 1.94 bits per heavy atom. The van der Waals surface area contributed by atoms with Gasteiger partial charge in [0.05, 0.1) is 22.9 Å². The Morgan fingerprint density at radius 3 is 2.50 bits per heavy atom. The molecule has 0 aromatic heterocycles. The van der Waals surface area contributed by atoms with Gasteiger partial charge in [-0.15, -0.1) is 0 Å². The molecule has 2 atom stereocenters. The van der Waals surface area contributed by atoms with Gasteiger partial charge in [-0.1, -0.05) is 18.2 Å². The standard InChI is InChI=1S/C12H16O3S/c1-10-7-8-11(15-10)9-16(13,14)12-5-3-2-4-6-12/h2-6,10-11H,7-9H2,1H3/t10-,11+/m0/s1. The Morgan fingerprint density at radius 1 is 1.25 bits per heavy atom. The quantitative estimate of drug-likeness (QED) is 0.812. The second-order valence-electron chi connectivity index (χ2n) is 4.24. The molecule has 1 saturated heterocycles. The van der Waals surface area contributed by atoms with Crippen LogP contribution >= 0.6 is 0 Å². The van der Waals surface area contributed by atoms with Gasteiger partial charge in [-0.2, -0.15) is 0 Å². The van der Waals surface area contributed by atoms with Gasteiger partial charge in [0.15, 0.2) is 9.84 Å². The largest absolute Gasteiger partial charge is 0.374 e. The highest BCUT2D eigenvalue weighted by Gasteiger charge is 2.27. The molecule has 4 heteroatoms. The molecule has 3 nitrogen and oxygen atoms in total. The zero-order valence-corrected chi connectivity index (χ0v) is 10.1. The summed E-state index contributed by atoms with van der Waals surface area (Å²) in [6.07, 6.45) is 1.85. The van der Waals surface area contributed by atoms with E-state index in [1.165, 1.54) is 0 Å². The summed E-state index contributed by atoms with van der Waals surface area (Å²) < 4.78 is 29.6. The molecule has 1 aliphatic heterocycles. The van der Waals surface area contributed by atoms with Gasteiger partial charge in [0, 0.05) is 0 Å². The predicted molar refractivity (Wildman–Crippen MR) is 62.1 cm³/mol. The molecule has 88 valence electrons. The van der Waals surface area contributed by atoms with Crippen molar-refractivity contribution in [3.05, 3.63) is 30.3 Å². The molecule has 0 radical (unpaired) electrons. The van der Waals surface area contributed by atoms with E-state index in [0.29, 0.717) is 4.90 Å². The first-order valence-corrected chi connectivity index (χ1v) is 7.16. The average Bonchev–Trinajstić information content (AvgIpc) is 2.64. The van der Waals surface area contributed by atoms with Crippen molar-refractivity contribution in [1.29, 1.82) is 0 Å². The minimum Gasteiger partial charge on any atom is -0.374 e. The van der Waals surface area contributed by atoms with Crippen molar-refractivity contribution < 1.29 is 13.2 Å². The Balaban J connectivity index is 2.09. The van der Waals surface area contributed by atoms with Crippen molar-refractivity contribution in [2.75, 3.05) is 5.75 Å². The van der Waals surface area contributed by atoms with Crippen LogP contribution in [0, 0.1) is 0 Å². The van der Waals surface area contributed by atoms with Crippen LogP contribution in [0.15, 0.2) is 35.2 Å². The summed E-state index contributed by atoms with van der Waals surface area (Å²) in [6.45, 7) is 1.98. The SMILES string of the molecule is C[C@H]1CC[C@H](CS(=O)(=O)c2ccccc2)O1. The monoisotopic (exact) mass is 240 g/mol. The molecule has 0 spiro atoms. The van der Waals surface area contributed by atoms with Gasteiger partial charge in [0.1, 0.15) is 0 Å². The number of rotatable bonds is 3. The Labute approximate surface area is 96.4 Å². The molecule has 1 aliphatic rings. The van der Waals surface area contributed by atoms with Gasteiger partial charge >= 0.3 is 0 Å². The zero-order valence-electron chi connectivity index (χ0n) is 9.30. The Hall–Kier alpha value is -0.870. The molecule has 1 aromatic rings. The molecule has 2 rings (SSSR count). The third-order valence-corrected chi connectivity index (χ3v) is 4.63. The van der Waals surface area contributed by atoms with Crippen LogP contribution in [0.5, 0.6) is 0 Å². The topological polar surface area (TPSA) is 43.4 Å². The van der Waals surface area contributed by atoms with E-state index in [0.717, 1.165) is 12.8 Å². The smallest absolute Gasteiger partial charge is 0.180 e. The van der Waals surface area contributed by atoms with Crippen LogP contribution in [0.3, 0.4) is 0 Å². The highest BCUT2D eigenvalue weighted by molar-refractivity contribution is 7.91. The van der Waals surface area contributed by atoms with Crippen molar-refractivity contribution in [3.8, 4) is 0 Å². The summed E-state index contributed by atoms with van der Waals surface area (Å²) in [6, 6.07) is 8.56. The first-order chi connectivity index (χ1) is 7.58. The number of hydrogen-bond donors (Lipinski definition) is 0. The molecule has 0 saturated carbocycles. The van der Waals surface area contributed by atoms with Gasteiger partial charge in [-0.3, -0.25) is 0 Å². The molecule has 0 bridgehead atoms. The summed E-state index contributed by atoms with van der Waals surface area (Å²) in [5.41, 5.74) is 0. The van der Waals surface area contributed by atoms with E-state index in [-0.39, 0.29) is 18.0 Å². The molecule has 16 heavy (non-hydrogen) atoms. The summed E-state index contributed by atoms with van der Waals surface area (Å²) >= 11 is 0. The lowest BCUT2D eigenvalue weighted by molar-refractivity contribution is 0.0690. The van der Waals surface area contributed by atoms with Crippen LogP contribution in [0.4, 0.5) is 0 Å². The fourth-order valence-electron chi connectivity index (χ4n) is 1.98. The number of sulfone groups is 1. The normalized spacial score (nSPS) is 25.8. The molecule has 1 fully saturated rings. The molecule has 0 amide bonds. The summed E-state index contributed by atoms with van der Waals surface area (Å²) in [7, 11) is -3.19. The van der Waals surface area contributed by atoms with Gasteiger partial charge in [-0.25, -0.2) is 8.42 Å². The van der Waals surface area contributed by atoms with E-state index < -0.39 is 9.84 Å². The first kappa shape index (κ1) is 11.6. The van der Waals surface area contributed by atoms with Gasteiger partial charge in [0.2, 0.25) is 0 Å². The molecular weight excluding hydrogens is 224 g/mol. The van der Waals surface area contributed by atoms with Gasteiger partial charge in [0.25, 0.3) is 0 Å². The third kappa shape index (κ3) is 2.62. The minimum atomic E-state index is -3.19. The van der Waals surface area contributed by atoms with Gasteiger partial charge < -0.3 is 4.74 Å². The van der Waals surface area contributed by atoms with Crippen LogP contribution in [-0.2, 0) is 14.6 Å². The maximum Gasteiger partial charge on any atom is 0.180 e. The molecule has 0 N–H and O–H groups in total. The minimum absolute atomic E-state index is 0.0986. The number of ether oxygens (including phenoxy) is 1. The summed E-state index contributed by atoms with van der Waals surface area (Å²) in [5, 5.41) is 0. The lowest BCUT2D eigenvalue weighted by Crippen LogP contribution is -2.21. The maximum atomic E-state index is 12.0. The van der Waals surface area contributed by atoms with E-state index in [1.807, 2.05) is 13.0 Å². The molecule has 0 unspecified atom stereocenters. The van der Waals surface area contributed by atoms with Crippen LogP contribution in [0.25, 0.3) is 0 Å². The zero-order chi connectivity index (χ0) is 11.6. The van der Waals surface area contributed by atoms with Crippen molar-refractivity contribution >= 4 is 9.84 Å². The van der Waals surface area contributed by atoms with Crippen molar-refractivity contribution in [2.24, 2.45) is 0 Å². The Kier molecular flexibility index (Phi) is 3.30. The maximum absolute atomic E-state index is 12.0. The van der Waals surface area contributed by atoms with Crippen LogP contribution in [-0.4, -0.2) is 26.4 Å². The lowest BCUT2D eigenvalue weighted by atomic mass is 10.2. The average molecular weight is 240 g/mol. The van der Waals surface area contributed by atoms with E-state index >= 15 is 0 Å². The van der Waals surface area contributed by atoms with E-state index in [1.54, 1.807) is 24.3 Å². The van der Waals surface area contributed by atoms with Crippen molar-refractivity contribution in [2.45, 2.75) is 36.9 Å². The first-order valence-electron chi connectivity index (χ1n) is 5.51. The molecule has 1 aromatic carbocycles. The number of benzene rings is 1. The second kappa shape index (κ2) is 4.55.